The maximum Gasteiger partial charge on any atom is 0.220 e. The minimum Gasteiger partial charge on any atom is -0.355 e. The van der Waals surface area contributed by atoms with Crippen LogP contribution in [-0.4, -0.2) is 24.2 Å². The van der Waals surface area contributed by atoms with Gasteiger partial charge in [0.1, 0.15) is 0 Å². The first-order valence-electron chi connectivity index (χ1n) is 7.46. The number of halogens is 1. The normalized spacial score (nSPS) is 21.4. The maximum absolute atomic E-state index is 11.9. The molecule has 1 fully saturated rings. The average molecular weight is 329 g/mol. The summed E-state index contributed by atoms with van der Waals surface area (Å²) in [5, 5.41) is 3.01. The third kappa shape index (κ3) is 6.72. The number of nitrogens with two attached hydrogens (primary N) is 1. The van der Waals surface area contributed by atoms with Crippen LogP contribution in [-0.2, 0) is 4.79 Å². The summed E-state index contributed by atoms with van der Waals surface area (Å²) < 4.78 is 0. The van der Waals surface area contributed by atoms with Crippen LogP contribution in [0.5, 0.6) is 0 Å². The highest BCUT2D eigenvalue weighted by Gasteiger charge is 2.23. The summed E-state index contributed by atoms with van der Waals surface area (Å²) >= 11 is 1.77. The molecule has 0 heterocycles. The molecule has 1 aromatic carbocycles. The molecule has 1 aromatic rings. The highest BCUT2D eigenvalue weighted by molar-refractivity contribution is 7.99. The maximum atomic E-state index is 11.9. The minimum absolute atomic E-state index is 0. The van der Waals surface area contributed by atoms with Crippen molar-refractivity contribution < 1.29 is 4.79 Å². The molecule has 1 aliphatic carbocycles. The average Bonchev–Trinajstić information content (AvgIpc) is 2.47. The number of amides is 1. The van der Waals surface area contributed by atoms with Gasteiger partial charge in [0.15, 0.2) is 0 Å². The zero-order valence-corrected chi connectivity index (χ0v) is 13.9. The summed E-state index contributed by atoms with van der Waals surface area (Å²) in [4.78, 5) is 13.1. The molecule has 0 aromatic heterocycles. The molecule has 3 N–H and O–H groups in total. The zero-order valence-electron chi connectivity index (χ0n) is 12.3. The molecule has 118 valence electrons. The second-order valence-corrected chi connectivity index (χ2v) is 6.59. The number of thioether (sulfide) groups is 1. The number of hydrogen-bond donors (Lipinski definition) is 2. The first-order valence-corrected chi connectivity index (χ1v) is 8.44. The molecule has 0 spiro atoms. The van der Waals surface area contributed by atoms with Crippen LogP contribution >= 0.6 is 24.2 Å². The summed E-state index contributed by atoms with van der Waals surface area (Å²) in [6.07, 6.45) is 5.20. The lowest BCUT2D eigenvalue weighted by atomic mass is 9.83. The predicted octanol–water partition coefficient (Wildman–Crippen LogP) is 3.22. The van der Waals surface area contributed by atoms with Crippen LogP contribution in [0.25, 0.3) is 0 Å². The molecular weight excluding hydrogens is 304 g/mol. The van der Waals surface area contributed by atoms with Gasteiger partial charge in [-0.1, -0.05) is 31.0 Å². The van der Waals surface area contributed by atoms with Gasteiger partial charge in [0.05, 0.1) is 0 Å². The van der Waals surface area contributed by atoms with Crippen molar-refractivity contribution in [3.63, 3.8) is 0 Å². The Balaban J connectivity index is 0.00000220. The zero-order chi connectivity index (χ0) is 14.2. The molecule has 0 bridgehead atoms. The van der Waals surface area contributed by atoms with E-state index in [2.05, 4.69) is 17.4 Å². The lowest BCUT2D eigenvalue weighted by Crippen LogP contribution is -2.37. The van der Waals surface area contributed by atoms with Crippen LogP contribution < -0.4 is 11.1 Å². The fourth-order valence-electron chi connectivity index (χ4n) is 2.68. The predicted molar refractivity (Wildman–Crippen MR) is 92.0 cm³/mol. The molecule has 2 unspecified atom stereocenters. The van der Waals surface area contributed by atoms with Crippen LogP contribution in [0.1, 0.15) is 32.1 Å². The SMILES string of the molecule is Cl.NC1CCCCC1CC(=O)NCCSc1ccccc1. The van der Waals surface area contributed by atoms with Gasteiger partial charge < -0.3 is 11.1 Å². The second kappa shape index (κ2) is 10.1. The molecule has 2 atom stereocenters. The summed E-state index contributed by atoms with van der Waals surface area (Å²) in [6.45, 7) is 0.723. The van der Waals surface area contributed by atoms with E-state index < -0.39 is 0 Å². The van der Waals surface area contributed by atoms with Crippen molar-refractivity contribution in [2.24, 2.45) is 11.7 Å². The lowest BCUT2D eigenvalue weighted by Gasteiger charge is -2.27. The Hall–Kier alpha value is -0.710. The van der Waals surface area contributed by atoms with Crippen LogP contribution in [0.3, 0.4) is 0 Å². The van der Waals surface area contributed by atoms with Gasteiger partial charge in [-0.25, -0.2) is 0 Å². The fourth-order valence-corrected chi connectivity index (χ4v) is 3.47. The minimum atomic E-state index is 0. The first kappa shape index (κ1) is 18.3. The van der Waals surface area contributed by atoms with Crippen LogP contribution in [0.2, 0.25) is 0 Å². The third-order valence-corrected chi connectivity index (χ3v) is 4.87. The van der Waals surface area contributed by atoms with E-state index in [4.69, 9.17) is 5.73 Å². The number of benzene rings is 1. The third-order valence-electron chi connectivity index (χ3n) is 3.85. The van der Waals surface area contributed by atoms with E-state index in [1.165, 1.54) is 17.7 Å². The Morgan fingerprint density at radius 2 is 1.95 bits per heavy atom. The van der Waals surface area contributed by atoms with E-state index in [-0.39, 0.29) is 24.4 Å². The van der Waals surface area contributed by atoms with Gasteiger partial charge in [-0.2, -0.15) is 0 Å². The molecule has 0 aliphatic heterocycles. The Kier molecular flexibility index (Phi) is 8.81. The summed E-state index contributed by atoms with van der Waals surface area (Å²) in [5.74, 6) is 1.44. The molecule has 2 rings (SSSR count). The first-order chi connectivity index (χ1) is 9.75. The molecular formula is C16H25ClN2OS. The van der Waals surface area contributed by atoms with Crippen molar-refractivity contribution in [2.45, 2.75) is 43.0 Å². The van der Waals surface area contributed by atoms with Crippen molar-refractivity contribution in [2.75, 3.05) is 12.3 Å². The molecule has 0 saturated heterocycles. The quantitative estimate of drug-likeness (QED) is 0.622. The lowest BCUT2D eigenvalue weighted by molar-refractivity contribution is -0.122. The van der Waals surface area contributed by atoms with Gasteiger partial charge in [-0.15, -0.1) is 24.2 Å². The van der Waals surface area contributed by atoms with Crippen molar-refractivity contribution in [1.29, 1.82) is 0 Å². The van der Waals surface area contributed by atoms with E-state index in [0.29, 0.717) is 12.3 Å². The largest absolute Gasteiger partial charge is 0.355 e. The summed E-state index contributed by atoms with van der Waals surface area (Å²) in [6, 6.07) is 10.5. The van der Waals surface area contributed by atoms with E-state index >= 15 is 0 Å². The Labute approximate surface area is 137 Å². The molecule has 1 amide bonds. The highest BCUT2D eigenvalue weighted by Crippen LogP contribution is 2.25. The van der Waals surface area contributed by atoms with Gasteiger partial charge >= 0.3 is 0 Å². The standard InChI is InChI=1S/C16H24N2OS.ClH/c17-15-9-5-4-6-13(15)12-16(19)18-10-11-20-14-7-2-1-3-8-14;/h1-3,7-8,13,15H,4-6,9-12,17H2,(H,18,19);1H. The highest BCUT2D eigenvalue weighted by atomic mass is 35.5. The van der Waals surface area contributed by atoms with Gasteiger partial charge in [-0.05, 0) is 30.9 Å². The van der Waals surface area contributed by atoms with E-state index in [1.54, 1.807) is 11.8 Å². The number of nitrogens with one attached hydrogen (secondary N) is 1. The van der Waals surface area contributed by atoms with E-state index in [0.717, 1.165) is 25.1 Å². The fraction of sp³-hybridized carbons (Fsp3) is 0.562. The monoisotopic (exact) mass is 328 g/mol. The topological polar surface area (TPSA) is 55.1 Å². The molecule has 5 heteroatoms. The van der Waals surface area contributed by atoms with Gasteiger partial charge in [0, 0.05) is 29.7 Å². The number of hydrogen-bond acceptors (Lipinski definition) is 3. The second-order valence-electron chi connectivity index (χ2n) is 5.42. The summed E-state index contributed by atoms with van der Waals surface area (Å²) in [7, 11) is 0. The molecule has 21 heavy (non-hydrogen) atoms. The van der Waals surface area contributed by atoms with E-state index in [9.17, 15) is 4.79 Å². The summed E-state index contributed by atoms with van der Waals surface area (Å²) in [5.41, 5.74) is 6.07. The Bertz CT molecular complexity index is 416. The number of carbonyl (C=O) groups is 1. The van der Waals surface area contributed by atoms with Gasteiger partial charge in [-0.3, -0.25) is 4.79 Å². The van der Waals surface area contributed by atoms with Crippen molar-refractivity contribution >= 4 is 30.1 Å². The van der Waals surface area contributed by atoms with Gasteiger partial charge in [0.25, 0.3) is 0 Å². The number of rotatable bonds is 6. The van der Waals surface area contributed by atoms with E-state index in [1.807, 2.05) is 18.2 Å². The van der Waals surface area contributed by atoms with Crippen molar-refractivity contribution in [3.05, 3.63) is 30.3 Å². The Morgan fingerprint density at radius 1 is 1.24 bits per heavy atom. The molecule has 1 aliphatic rings. The van der Waals surface area contributed by atoms with Crippen LogP contribution in [0.4, 0.5) is 0 Å². The molecule has 1 saturated carbocycles. The van der Waals surface area contributed by atoms with Gasteiger partial charge in [0.2, 0.25) is 5.91 Å². The van der Waals surface area contributed by atoms with Crippen molar-refractivity contribution in [1.82, 2.24) is 5.32 Å². The number of carbonyl (C=O) groups excluding carboxylic acids is 1. The Morgan fingerprint density at radius 3 is 2.67 bits per heavy atom. The van der Waals surface area contributed by atoms with Crippen LogP contribution in [0.15, 0.2) is 35.2 Å². The molecule has 0 radical (unpaired) electrons. The van der Waals surface area contributed by atoms with Crippen molar-refractivity contribution in [3.8, 4) is 0 Å². The molecule has 3 nitrogen and oxygen atoms in total. The van der Waals surface area contributed by atoms with Crippen LogP contribution in [0, 0.1) is 5.92 Å². The smallest absolute Gasteiger partial charge is 0.220 e.